The van der Waals surface area contributed by atoms with Gasteiger partial charge in [-0.2, -0.15) is 0 Å². The quantitative estimate of drug-likeness (QED) is 0.233. The minimum absolute atomic E-state index is 0.310. The molecule has 24 heavy (non-hydrogen) atoms. The number of carboxylic acid groups (broad SMARTS) is 1. The Morgan fingerprint density at radius 2 is 1.12 bits per heavy atom. The second kappa shape index (κ2) is 15.7. The molecule has 1 N–H and O–H groups in total. The van der Waals surface area contributed by atoms with Crippen molar-refractivity contribution in [1.29, 1.82) is 0 Å². The molecular formula is C22H42O2. The van der Waals surface area contributed by atoms with E-state index in [0.29, 0.717) is 11.8 Å². The highest BCUT2D eigenvalue weighted by molar-refractivity contribution is 5.66. The van der Waals surface area contributed by atoms with Crippen LogP contribution in [0.4, 0.5) is 0 Å². The van der Waals surface area contributed by atoms with Crippen LogP contribution in [-0.4, -0.2) is 11.1 Å². The lowest BCUT2D eigenvalue weighted by Crippen LogP contribution is -2.03. The van der Waals surface area contributed by atoms with Crippen molar-refractivity contribution in [2.75, 3.05) is 0 Å². The van der Waals surface area contributed by atoms with Gasteiger partial charge in [0, 0.05) is 6.42 Å². The summed E-state index contributed by atoms with van der Waals surface area (Å²) in [6, 6.07) is 0. The van der Waals surface area contributed by atoms with Gasteiger partial charge < -0.3 is 5.11 Å². The first-order chi connectivity index (χ1) is 11.4. The van der Waals surface area contributed by atoms with Gasteiger partial charge >= 0.3 is 5.97 Å². The number of carboxylic acids is 1. The lowest BCUT2D eigenvalue weighted by Gasteiger charge is -2.17. The molecule has 0 aromatic heterocycles. The smallest absolute Gasteiger partial charge is 0.303 e. The summed E-state index contributed by atoms with van der Waals surface area (Å²) in [5.74, 6) is -0.677. The van der Waals surface area contributed by atoms with E-state index >= 15 is 0 Å². The number of unbranched alkanes of at least 4 members (excludes halogenated alkanes) is 11. The molecule has 0 saturated carbocycles. The van der Waals surface area contributed by atoms with Crippen LogP contribution >= 0.6 is 0 Å². The van der Waals surface area contributed by atoms with E-state index in [0.717, 1.165) is 19.3 Å². The summed E-state index contributed by atoms with van der Waals surface area (Å²) >= 11 is 0. The van der Waals surface area contributed by atoms with Crippen LogP contribution in [0.2, 0.25) is 0 Å². The number of aliphatic carboxylic acids is 1. The Bertz CT molecular complexity index is 312. The summed E-state index contributed by atoms with van der Waals surface area (Å²) in [6.45, 7) is 7.00. The highest BCUT2D eigenvalue weighted by atomic mass is 16.4. The molecule has 0 fully saturated rings. The van der Waals surface area contributed by atoms with Crippen molar-refractivity contribution < 1.29 is 9.90 Å². The maximum Gasteiger partial charge on any atom is 0.303 e. The van der Waals surface area contributed by atoms with Crippen LogP contribution in [0.1, 0.15) is 117 Å². The van der Waals surface area contributed by atoms with Crippen LogP contribution in [0.25, 0.3) is 0 Å². The van der Waals surface area contributed by atoms with Crippen molar-refractivity contribution in [2.24, 2.45) is 5.41 Å². The van der Waals surface area contributed by atoms with Crippen molar-refractivity contribution in [3.63, 3.8) is 0 Å². The molecule has 0 atom stereocenters. The van der Waals surface area contributed by atoms with Crippen molar-refractivity contribution in [3.05, 3.63) is 12.2 Å². The average Bonchev–Trinajstić information content (AvgIpc) is 2.49. The van der Waals surface area contributed by atoms with Crippen LogP contribution in [0.5, 0.6) is 0 Å². The van der Waals surface area contributed by atoms with Crippen LogP contribution in [-0.2, 0) is 4.79 Å². The van der Waals surface area contributed by atoms with Gasteiger partial charge in [-0.05, 0) is 43.9 Å². The lowest BCUT2D eigenvalue weighted by molar-refractivity contribution is -0.137. The SMILES string of the molecule is CC(C)(C)CCCCCCCCCCCC=CCCCCC(=O)O. The van der Waals surface area contributed by atoms with Crippen molar-refractivity contribution in [3.8, 4) is 0 Å². The number of allylic oxidation sites excluding steroid dienone is 2. The summed E-state index contributed by atoms with van der Waals surface area (Å²) in [6.07, 6.45) is 22.7. The molecule has 0 aromatic rings. The molecule has 0 bridgehead atoms. The number of rotatable bonds is 16. The Kier molecular flexibility index (Phi) is 15.2. The molecule has 0 rings (SSSR count). The zero-order valence-electron chi connectivity index (χ0n) is 16.6. The molecule has 2 nitrogen and oxygen atoms in total. The standard InChI is InChI=1S/C22H42O2/c1-22(2,3)20-18-16-14-12-10-8-6-4-5-7-9-11-13-15-17-19-21(23)24/h9,11H,4-8,10,12-20H2,1-3H3,(H,23,24). The third-order valence-electron chi connectivity index (χ3n) is 4.48. The van der Waals surface area contributed by atoms with E-state index in [1.807, 2.05) is 0 Å². The minimum atomic E-state index is -0.677. The fourth-order valence-electron chi connectivity index (χ4n) is 2.93. The normalized spacial score (nSPS) is 12.1. The van der Waals surface area contributed by atoms with Crippen molar-refractivity contribution in [2.45, 2.75) is 117 Å². The molecule has 0 aliphatic rings. The summed E-state index contributed by atoms with van der Waals surface area (Å²) in [5.41, 5.74) is 0.507. The van der Waals surface area contributed by atoms with E-state index in [2.05, 4.69) is 32.9 Å². The van der Waals surface area contributed by atoms with Crippen LogP contribution < -0.4 is 0 Å². The average molecular weight is 339 g/mol. The summed E-state index contributed by atoms with van der Waals surface area (Å²) in [5, 5.41) is 8.54. The topological polar surface area (TPSA) is 37.3 Å². The first-order valence-electron chi connectivity index (χ1n) is 10.3. The molecule has 0 radical (unpaired) electrons. The Balaban J connectivity index is 3.13. The monoisotopic (exact) mass is 338 g/mol. The minimum Gasteiger partial charge on any atom is -0.481 e. The van der Waals surface area contributed by atoms with Crippen LogP contribution in [0.15, 0.2) is 12.2 Å². The molecule has 2 heteroatoms. The maximum absolute atomic E-state index is 10.4. The molecule has 0 aliphatic carbocycles. The second-order valence-corrected chi connectivity index (χ2v) is 8.39. The number of carbonyl (C=O) groups is 1. The molecule has 0 heterocycles. The first-order valence-corrected chi connectivity index (χ1v) is 10.3. The Morgan fingerprint density at radius 3 is 1.58 bits per heavy atom. The van der Waals surface area contributed by atoms with Crippen molar-refractivity contribution >= 4 is 5.97 Å². The Hall–Kier alpha value is -0.790. The highest BCUT2D eigenvalue weighted by Crippen LogP contribution is 2.22. The third kappa shape index (κ3) is 21.2. The summed E-state index contributed by atoms with van der Waals surface area (Å²) in [4.78, 5) is 10.4. The number of hydrogen-bond donors (Lipinski definition) is 1. The van der Waals surface area contributed by atoms with Gasteiger partial charge in [-0.3, -0.25) is 4.79 Å². The van der Waals surface area contributed by atoms with Gasteiger partial charge in [0.2, 0.25) is 0 Å². The maximum atomic E-state index is 10.4. The third-order valence-corrected chi connectivity index (χ3v) is 4.48. The lowest BCUT2D eigenvalue weighted by atomic mass is 9.89. The molecule has 0 spiro atoms. The molecule has 142 valence electrons. The molecule has 0 aromatic carbocycles. The molecule has 0 aliphatic heterocycles. The van der Waals surface area contributed by atoms with E-state index in [-0.39, 0.29) is 0 Å². The van der Waals surface area contributed by atoms with E-state index in [9.17, 15) is 4.79 Å². The second-order valence-electron chi connectivity index (χ2n) is 8.39. The van der Waals surface area contributed by atoms with Gasteiger partial charge in [0.15, 0.2) is 0 Å². The summed E-state index contributed by atoms with van der Waals surface area (Å²) < 4.78 is 0. The zero-order chi connectivity index (χ0) is 18.1. The van der Waals surface area contributed by atoms with Gasteiger partial charge in [-0.1, -0.05) is 84.3 Å². The van der Waals surface area contributed by atoms with Gasteiger partial charge in [0.05, 0.1) is 0 Å². The molecule has 0 unspecified atom stereocenters. The number of hydrogen-bond acceptors (Lipinski definition) is 1. The summed E-state index contributed by atoms with van der Waals surface area (Å²) in [7, 11) is 0. The molecule has 0 saturated heterocycles. The van der Waals surface area contributed by atoms with E-state index in [4.69, 9.17) is 5.11 Å². The van der Waals surface area contributed by atoms with Gasteiger partial charge in [-0.25, -0.2) is 0 Å². The van der Waals surface area contributed by atoms with Crippen LogP contribution in [0.3, 0.4) is 0 Å². The van der Waals surface area contributed by atoms with E-state index in [1.54, 1.807) is 0 Å². The van der Waals surface area contributed by atoms with E-state index < -0.39 is 5.97 Å². The zero-order valence-corrected chi connectivity index (χ0v) is 16.6. The molecule has 0 amide bonds. The Labute approximate surface area is 151 Å². The molecular weight excluding hydrogens is 296 g/mol. The van der Waals surface area contributed by atoms with E-state index in [1.165, 1.54) is 70.6 Å². The van der Waals surface area contributed by atoms with Crippen LogP contribution in [0, 0.1) is 5.41 Å². The van der Waals surface area contributed by atoms with Gasteiger partial charge in [0.1, 0.15) is 0 Å². The predicted octanol–water partition coefficient (Wildman–Crippen LogP) is 7.52. The van der Waals surface area contributed by atoms with Gasteiger partial charge in [0.25, 0.3) is 0 Å². The fourth-order valence-corrected chi connectivity index (χ4v) is 2.93. The largest absolute Gasteiger partial charge is 0.481 e. The Morgan fingerprint density at radius 1 is 0.708 bits per heavy atom. The highest BCUT2D eigenvalue weighted by Gasteiger charge is 2.08. The van der Waals surface area contributed by atoms with Gasteiger partial charge in [-0.15, -0.1) is 0 Å². The predicted molar refractivity (Wildman–Crippen MR) is 105 cm³/mol. The first kappa shape index (κ1) is 23.2. The fraction of sp³-hybridized carbons (Fsp3) is 0.864. The van der Waals surface area contributed by atoms with Crippen molar-refractivity contribution in [1.82, 2.24) is 0 Å².